The molecule has 194 valence electrons. The van der Waals surface area contributed by atoms with E-state index in [0.717, 1.165) is 6.26 Å². The van der Waals surface area contributed by atoms with Crippen LogP contribution in [0.4, 0.5) is 13.2 Å². The highest BCUT2D eigenvalue weighted by molar-refractivity contribution is 7.90. The SMILES string of the molecule is [C-]#[N+]CC1(n2ccc(-c3nc(-c4cnn(CCS(C)(=O)=O)c4)cc4nccn34)n2)CN(CC(F)(F)F)C1. The second kappa shape index (κ2) is 8.96. The molecule has 1 fully saturated rings. The smallest absolute Gasteiger partial charge is 0.314 e. The maximum absolute atomic E-state index is 12.8. The molecule has 1 aliphatic rings. The summed E-state index contributed by atoms with van der Waals surface area (Å²) in [5.74, 6) is 0.410. The Morgan fingerprint density at radius 1 is 1.22 bits per heavy atom. The third-order valence-corrected chi connectivity index (χ3v) is 7.05. The van der Waals surface area contributed by atoms with Crippen LogP contribution in [-0.2, 0) is 21.9 Å². The molecule has 37 heavy (non-hydrogen) atoms. The Morgan fingerprint density at radius 3 is 2.70 bits per heavy atom. The molecule has 5 rings (SSSR count). The molecule has 0 saturated carbocycles. The van der Waals surface area contributed by atoms with Crippen molar-refractivity contribution in [2.75, 3.05) is 38.2 Å². The maximum atomic E-state index is 12.8. The minimum atomic E-state index is -4.31. The molecule has 5 heterocycles. The second-order valence-corrected chi connectivity index (χ2v) is 11.4. The minimum absolute atomic E-state index is 0.00307. The van der Waals surface area contributed by atoms with E-state index in [9.17, 15) is 21.6 Å². The van der Waals surface area contributed by atoms with Gasteiger partial charge in [0, 0.05) is 55.8 Å². The first-order chi connectivity index (χ1) is 17.4. The predicted octanol–water partition coefficient (Wildman–Crippen LogP) is 1.99. The molecule has 4 aromatic heterocycles. The summed E-state index contributed by atoms with van der Waals surface area (Å²) in [6.07, 6.45) is 5.12. The average Bonchev–Trinajstić information content (AvgIpc) is 3.54. The molecule has 0 spiro atoms. The summed E-state index contributed by atoms with van der Waals surface area (Å²) in [5.41, 5.74) is 1.41. The van der Waals surface area contributed by atoms with Crippen molar-refractivity contribution >= 4 is 15.5 Å². The lowest BCUT2D eigenvalue weighted by molar-refractivity contribution is -0.166. The Labute approximate surface area is 209 Å². The molecule has 0 radical (unpaired) electrons. The van der Waals surface area contributed by atoms with Gasteiger partial charge in [0.2, 0.25) is 6.54 Å². The van der Waals surface area contributed by atoms with Gasteiger partial charge in [-0.2, -0.15) is 23.4 Å². The standard InChI is InChI=1S/C22H22F3N9O2S/c1-26-12-21(13-31(14-21)15-22(23,24)25)34-5-3-17(30-34)20-29-18(9-19-27-4-6-33(19)20)16-10-28-32(11-16)7-8-37(2,35)36/h3-6,9-11H,7-8,12-15H2,2H3. The molecule has 11 nitrogen and oxygen atoms in total. The number of nitrogens with zero attached hydrogens (tertiary/aromatic N) is 9. The molecule has 4 aromatic rings. The van der Waals surface area contributed by atoms with Gasteiger partial charge in [-0.3, -0.25) is 18.7 Å². The fraction of sp³-hybridized carbons (Fsp3) is 0.409. The van der Waals surface area contributed by atoms with E-state index >= 15 is 0 Å². The number of alkyl halides is 3. The molecule has 0 aliphatic carbocycles. The molecule has 0 amide bonds. The van der Waals surface area contributed by atoms with Crippen LogP contribution in [0.2, 0.25) is 0 Å². The van der Waals surface area contributed by atoms with E-state index in [0.29, 0.717) is 28.4 Å². The van der Waals surface area contributed by atoms with Gasteiger partial charge in [-0.1, -0.05) is 0 Å². The summed E-state index contributed by atoms with van der Waals surface area (Å²) < 4.78 is 66.2. The average molecular weight is 534 g/mol. The van der Waals surface area contributed by atoms with Gasteiger partial charge in [0.05, 0.1) is 30.7 Å². The predicted molar refractivity (Wildman–Crippen MR) is 127 cm³/mol. The highest BCUT2D eigenvalue weighted by Crippen LogP contribution is 2.33. The molecule has 1 saturated heterocycles. The van der Waals surface area contributed by atoms with Crippen molar-refractivity contribution in [1.29, 1.82) is 0 Å². The number of sulfone groups is 1. The Hall–Kier alpha value is -3.77. The molecule has 0 aromatic carbocycles. The lowest BCUT2D eigenvalue weighted by atomic mass is 9.90. The number of aryl methyl sites for hydroxylation is 1. The Balaban J connectivity index is 1.45. The van der Waals surface area contributed by atoms with E-state index in [-0.39, 0.29) is 31.9 Å². The lowest BCUT2D eigenvalue weighted by Gasteiger charge is -2.47. The fourth-order valence-corrected chi connectivity index (χ4v) is 4.97. The molecular weight excluding hydrogens is 511 g/mol. The molecular formula is C22H22F3N9O2S. The van der Waals surface area contributed by atoms with Crippen molar-refractivity contribution in [3.63, 3.8) is 0 Å². The van der Waals surface area contributed by atoms with E-state index in [1.165, 1.54) is 9.58 Å². The van der Waals surface area contributed by atoms with Crippen molar-refractivity contribution in [1.82, 2.24) is 38.8 Å². The van der Waals surface area contributed by atoms with Crippen LogP contribution in [0.3, 0.4) is 0 Å². The second-order valence-electron chi connectivity index (χ2n) is 9.19. The van der Waals surface area contributed by atoms with Crippen molar-refractivity contribution in [2.24, 2.45) is 0 Å². The first kappa shape index (κ1) is 24.9. The van der Waals surface area contributed by atoms with Crippen LogP contribution < -0.4 is 0 Å². The molecule has 0 unspecified atom stereocenters. The van der Waals surface area contributed by atoms with Crippen LogP contribution in [0, 0.1) is 6.57 Å². The first-order valence-corrected chi connectivity index (χ1v) is 13.2. The zero-order valence-electron chi connectivity index (χ0n) is 19.7. The third-order valence-electron chi connectivity index (χ3n) is 6.13. The molecule has 0 N–H and O–H groups in total. The minimum Gasteiger partial charge on any atom is -0.314 e. The number of fused-ring (bicyclic) bond motifs is 1. The first-order valence-electron chi connectivity index (χ1n) is 11.2. The lowest BCUT2D eigenvalue weighted by Crippen LogP contribution is -2.65. The summed E-state index contributed by atoms with van der Waals surface area (Å²) in [6, 6.07) is 3.47. The number of aromatic nitrogens is 7. The number of hydrogen-bond donors (Lipinski definition) is 0. The van der Waals surface area contributed by atoms with Crippen LogP contribution in [0.5, 0.6) is 0 Å². The Kier molecular flexibility index (Phi) is 6.03. The van der Waals surface area contributed by atoms with E-state index in [1.54, 1.807) is 52.2 Å². The molecule has 1 aliphatic heterocycles. The largest absolute Gasteiger partial charge is 0.401 e. The van der Waals surface area contributed by atoms with Crippen molar-refractivity contribution in [3.05, 3.63) is 54.5 Å². The summed E-state index contributed by atoms with van der Waals surface area (Å²) in [5, 5.41) is 8.84. The van der Waals surface area contributed by atoms with Gasteiger partial charge in [0.15, 0.2) is 11.4 Å². The Bertz CT molecular complexity index is 1590. The van der Waals surface area contributed by atoms with Crippen LogP contribution >= 0.6 is 0 Å². The van der Waals surface area contributed by atoms with E-state index in [4.69, 9.17) is 11.6 Å². The van der Waals surface area contributed by atoms with E-state index < -0.39 is 28.1 Å². The van der Waals surface area contributed by atoms with Crippen LogP contribution in [0.15, 0.2) is 43.1 Å². The topological polar surface area (TPSA) is 108 Å². The van der Waals surface area contributed by atoms with E-state index in [1.807, 2.05) is 0 Å². The number of halogens is 3. The molecule has 0 bridgehead atoms. The maximum Gasteiger partial charge on any atom is 0.401 e. The third kappa shape index (κ3) is 5.20. The Morgan fingerprint density at radius 2 is 2.00 bits per heavy atom. The van der Waals surface area contributed by atoms with Crippen molar-refractivity contribution in [3.8, 4) is 22.8 Å². The van der Waals surface area contributed by atoms with Gasteiger partial charge >= 0.3 is 6.18 Å². The van der Waals surface area contributed by atoms with Gasteiger partial charge in [0.25, 0.3) is 0 Å². The zero-order valence-corrected chi connectivity index (χ0v) is 20.5. The monoisotopic (exact) mass is 533 g/mol. The number of imidazole rings is 1. The molecule has 0 atom stereocenters. The van der Waals surface area contributed by atoms with Crippen LogP contribution in [0.25, 0.3) is 33.3 Å². The number of rotatable bonds is 8. The fourth-order valence-electron chi connectivity index (χ4n) is 4.45. The summed E-state index contributed by atoms with van der Waals surface area (Å²) in [4.78, 5) is 13.8. The van der Waals surface area contributed by atoms with Crippen LogP contribution in [-0.4, -0.2) is 91.6 Å². The number of likely N-dealkylation sites (tertiary alicyclic amines) is 1. The summed E-state index contributed by atoms with van der Waals surface area (Å²) >= 11 is 0. The van der Waals surface area contributed by atoms with Gasteiger partial charge in [-0.05, 0) is 6.07 Å². The van der Waals surface area contributed by atoms with Gasteiger partial charge in [0.1, 0.15) is 21.2 Å². The highest BCUT2D eigenvalue weighted by Gasteiger charge is 2.51. The summed E-state index contributed by atoms with van der Waals surface area (Å²) in [7, 11) is -3.14. The van der Waals surface area contributed by atoms with E-state index in [2.05, 4.69) is 20.0 Å². The number of hydrogen-bond acceptors (Lipinski definition) is 7. The highest BCUT2D eigenvalue weighted by atomic mass is 32.2. The molecule has 15 heteroatoms. The zero-order chi connectivity index (χ0) is 26.4. The van der Waals surface area contributed by atoms with Gasteiger partial charge in [-0.25, -0.2) is 25.0 Å². The van der Waals surface area contributed by atoms with Crippen LogP contribution in [0.1, 0.15) is 0 Å². The van der Waals surface area contributed by atoms with Crippen molar-refractivity contribution < 1.29 is 21.6 Å². The quantitative estimate of drug-likeness (QED) is 0.319. The van der Waals surface area contributed by atoms with Gasteiger partial charge < -0.3 is 4.85 Å². The summed E-state index contributed by atoms with van der Waals surface area (Å²) in [6.45, 7) is 6.63. The van der Waals surface area contributed by atoms with Gasteiger partial charge in [-0.15, -0.1) is 0 Å². The normalized spacial score (nSPS) is 16.1. The van der Waals surface area contributed by atoms with Crippen molar-refractivity contribution in [2.45, 2.75) is 18.3 Å².